The molecule has 3 heterocycles. The Morgan fingerprint density at radius 1 is 1.22 bits per heavy atom. The van der Waals surface area contributed by atoms with Crippen LogP contribution in [0.3, 0.4) is 0 Å². The summed E-state index contributed by atoms with van der Waals surface area (Å²) in [5.41, 5.74) is 1.98. The van der Waals surface area contributed by atoms with Crippen LogP contribution >= 0.6 is 11.5 Å². The van der Waals surface area contributed by atoms with E-state index in [-0.39, 0.29) is 23.6 Å². The third-order valence-electron chi connectivity index (χ3n) is 6.01. The van der Waals surface area contributed by atoms with Gasteiger partial charge in [-0.15, -0.1) is 5.10 Å². The Balaban J connectivity index is 1.51. The van der Waals surface area contributed by atoms with E-state index in [1.807, 2.05) is 22.4 Å². The van der Waals surface area contributed by atoms with Gasteiger partial charge in [-0.3, -0.25) is 9.69 Å². The molecule has 144 valence electrons. The standard InChI is InChI=1S/C20H25FN4OS/c1-14-4-2-3-9-24(14)12-20(26)25-10-17(15-5-7-16(21)8-6-15)18(11-25)19-13-27-23-22-19/h5-8,13-14,17-18H,2-4,9-12H2,1H3/t14-,17-,18+/m0/s1. The maximum Gasteiger partial charge on any atom is 0.236 e. The minimum absolute atomic E-state index is 0.108. The van der Waals surface area contributed by atoms with Gasteiger partial charge in [0.1, 0.15) is 5.82 Å². The lowest BCUT2D eigenvalue weighted by Crippen LogP contribution is -2.45. The minimum Gasteiger partial charge on any atom is -0.340 e. The Labute approximate surface area is 163 Å². The number of hydrogen-bond donors (Lipinski definition) is 0. The predicted molar refractivity (Wildman–Crippen MR) is 103 cm³/mol. The van der Waals surface area contributed by atoms with Gasteiger partial charge >= 0.3 is 0 Å². The summed E-state index contributed by atoms with van der Waals surface area (Å²) in [7, 11) is 0. The van der Waals surface area contributed by atoms with Gasteiger partial charge in [0.15, 0.2) is 0 Å². The number of carbonyl (C=O) groups is 1. The number of rotatable bonds is 4. The minimum atomic E-state index is -0.240. The fraction of sp³-hybridized carbons (Fsp3) is 0.550. The molecule has 0 spiro atoms. The zero-order valence-electron chi connectivity index (χ0n) is 15.6. The van der Waals surface area contributed by atoms with Crippen molar-refractivity contribution in [2.75, 3.05) is 26.2 Å². The molecule has 4 rings (SSSR count). The Kier molecular flexibility index (Phi) is 5.50. The van der Waals surface area contributed by atoms with E-state index in [1.165, 1.54) is 42.9 Å². The third-order valence-corrected chi connectivity index (χ3v) is 6.53. The second-order valence-corrected chi connectivity index (χ2v) is 8.32. The van der Waals surface area contributed by atoms with E-state index >= 15 is 0 Å². The van der Waals surface area contributed by atoms with E-state index in [2.05, 4.69) is 21.4 Å². The Morgan fingerprint density at radius 3 is 2.70 bits per heavy atom. The Morgan fingerprint density at radius 2 is 2.00 bits per heavy atom. The molecular formula is C20H25FN4OS. The molecule has 1 aromatic carbocycles. The van der Waals surface area contributed by atoms with Crippen LogP contribution in [0.25, 0.3) is 0 Å². The molecule has 0 N–H and O–H groups in total. The Hall–Kier alpha value is -1.86. The summed E-state index contributed by atoms with van der Waals surface area (Å²) in [5, 5.41) is 6.22. The largest absolute Gasteiger partial charge is 0.340 e. The lowest BCUT2D eigenvalue weighted by molar-refractivity contribution is -0.132. The molecule has 1 amide bonds. The highest BCUT2D eigenvalue weighted by molar-refractivity contribution is 7.03. The highest BCUT2D eigenvalue weighted by Crippen LogP contribution is 2.39. The normalized spacial score (nSPS) is 26.4. The van der Waals surface area contributed by atoms with Crippen molar-refractivity contribution in [3.05, 3.63) is 46.7 Å². The van der Waals surface area contributed by atoms with Crippen molar-refractivity contribution in [3.8, 4) is 0 Å². The molecule has 2 aromatic rings. The number of carbonyl (C=O) groups excluding carboxylic acids is 1. The highest BCUT2D eigenvalue weighted by Gasteiger charge is 2.39. The molecule has 1 aromatic heterocycles. The summed E-state index contributed by atoms with van der Waals surface area (Å²) in [4.78, 5) is 17.3. The first-order chi connectivity index (χ1) is 13.1. The van der Waals surface area contributed by atoms with Crippen molar-refractivity contribution in [2.45, 2.75) is 44.1 Å². The van der Waals surface area contributed by atoms with Gasteiger partial charge in [-0.1, -0.05) is 23.0 Å². The van der Waals surface area contributed by atoms with Gasteiger partial charge in [0.2, 0.25) is 5.91 Å². The lowest BCUT2D eigenvalue weighted by atomic mass is 9.87. The quantitative estimate of drug-likeness (QED) is 0.807. The monoisotopic (exact) mass is 388 g/mol. The van der Waals surface area contributed by atoms with E-state index < -0.39 is 0 Å². The molecule has 27 heavy (non-hydrogen) atoms. The van der Waals surface area contributed by atoms with Crippen LogP contribution < -0.4 is 0 Å². The zero-order chi connectivity index (χ0) is 18.8. The second-order valence-electron chi connectivity index (χ2n) is 7.71. The van der Waals surface area contributed by atoms with Crippen LogP contribution in [-0.2, 0) is 4.79 Å². The van der Waals surface area contributed by atoms with Gasteiger partial charge in [0, 0.05) is 36.3 Å². The number of piperidine rings is 1. The summed E-state index contributed by atoms with van der Waals surface area (Å²) >= 11 is 1.33. The number of amides is 1. The van der Waals surface area contributed by atoms with Gasteiger partial charge in [-0.25, -0.2) is 4.39 Å². The number of benzene rings is 1. The summed E-state index contributed by atoms with van der Waals surface area (Å²) in [6, 6.07) is 7.11. The molecule has 7 heteroatoms. The average molecular weight is 389 g/mol. The molecule has 3 atom stereocenters. The summed E-state index contributed by atoms with van der Waals surface area (Å²) in [6.07, 6.45) is 3.59. The predicted octanol–water partition coefficient (Wildman–Crippen LogP) is 3.26. The smallest absolute Gasteiger partial charge is 0.236 e. The Bertz CT molecular complexity index is 767. The van der Waals surface area contributed by atoms with Crippen LogP contribution in [0.4, 0.5) is 4.39 Å². The zero-order valence-corrected chi connectivity index (χ0v) is 16.4. The highest BCUT2D eigenvalue weighted by atomic mass is 32.1. The van der Waals surface area contributed by atoms with Crippen LogP contribution in [0.5, 0.6) is 0 Å². The van der Waals surface area contributed by atoms with Crippen molar-refractivity contribution in [1.82, 2.24) is 19.4 Å². The molecule has 2 fully saturated rings. The lowest BCUT2D eigenvalue weighted by Gasteiger charge is -2.33. The topological polar surface area (TPSA) is 49.3 Å². The summed E-state index contributed by atoms with van der Waals surface area (Å²) < 4.78 is 17.4. The molecule has 2 aliphatic heterocycles. The van der Waals surface area contributed by atoms with Crippen LogP contribution in [-0.4, -0.2) is 57.5 Å². The van der Waals surface area contributed by atoms with Gasteiger partial charge in [0.05, 0.1) is 12.2 Å². The first-order valence-corrected chi connectivity index (χ1v) is 10.5. The first kappa shape index (κ1) is 18.5. The second kappa shape index (κ2) is 8.02. The summed E-state index contributed by atoms with van der Waals surface area (Å²) in [6.45, 7) is 4.99. The molecule has 0 radical (unpaired) electrons. The third kappa shape index (κ3) is 4.04. The number of nitrogens with zero attached hydrogens (tertiary/aromatic N) is 4. The van der Waals surface area contributed by atoms with Gasteiger partial charge in [-0.05, 0) is 55.5 Å². The molecule has 0 bridgehead atoms. The number of likely N-dealkylation sites (tertiary alicyclic amines) is 2. The SMILES string of the molecule is C[C@H]1CCCCN1CC(=O)N1C[C@@H](c2ccc(F)cc2)[C@H](c2csnn2)C1. The molecule has 0 saturated carbocycles. The molecule has 0 aliphatic carbocycles. The van der Waals surface area contributed by atoms with Crippen LogP contribution in [0, 0.1) is 5.82 Å². The van der Waals surface area contributed by atoms with E-state index in [1.54, 1.807) is 0 Å². The number of halogens is 1. The van der Waals surface area contributed by atoms with Crippen molar-refractivity contribution < 1.29 is 9.18 Å². The number of hydrogen-bond acceptors (Lipinski definition) is 5. The van der Waals surface area contributed by atoms with Crippen molar-refractivity contribution in [2.24, 2.45) is 0 Å². The molecule has 2 saturated heterocycles. The van der Waals surface area contributed by atoms with E-state index in [0.29, 0.717) is 25.7 Å². The van der Waals surface area contributed by atoms with Crippen LogP contribution in [0.1, 0.15) is 49.3 Å². The van der Waals surface area contributed by atoms with E-state index in [0.717, 1.165) is 17.8 Å². The molecular weight excluding hydrogens is 363 g/mol. The van der Waals surface area contributed by atoms with Crippen molar-refractivity contribution >= 4 is 17.4 Å². The molecule has 5 nitrogen and oxygen atoms in total. The number of aromatic nitrogens is 2. The van der Waals surface area contributed by atoms with Crippen LogP contribution in [0.2, 0.25) is 0 Å². The van der Waals surface area contributed by atoms with Crippen molar-refractivity contribution in [1.29, 1.82) is 0 Å². The maximum atomic E-state index is 13.4. The van der Waals surface area contributed by atoms with Gasteiger partial charge in [-0.2, -0.15) is 0 Å². The fourth-order valence-corrected chi connectivity index (χ4v) is 4.87. The fourth-order valence-electron chi connectivity index (χ4n) is 4.35. The average Bonchev–Trinajstić information content (AvgIpc) is 3.33. The molecule has 2 aliphatic rings. The van der Waals surface area contributed by atoms with E-state index in [4.69, 9.17) is 0 Å². The first-order valence-electron chi connectivity index (χ1n) is 9.66. The summed E-state index contributed by atoms with van der Waals surface area (Å²) in [5.74, 6) is 0.173. The van der Waals surface area contributed by atoms with Gasteiger partial charge in [0.25, 0.3) is 0 Å². The van der Waals surface area contributed by atoms with Gasteiger partial charge < -0.3 is 4.90 Å². The van der Waals surface area contributed by atoms with Crippen molar-refractivity contribution in [3.63, 3.8) is 0 Å². The molecule has 0 unspecified atom stereocenters. The van der Waals surface area contributed by atoms with Crippen LogP contribution in [0.15, 0.2) is 29.6 Å². The maximum absolute atomic E-state index is 13.4. The van der Waals surface area contributed by atoms with E-state index in [9.17, 15) is 9.18 Å².